The normalized spacial score (nSPS) is 40.5. The summed E-state index contributed by atoms with van der Waals surface area (Å²) < 4.78 is 24.9. The van der Waals surface area contributed by atoms with E-state index >= 15 is 0 Å². The Hall–Kier alpha value is -1.67. The molecule has 12 nitrogen and oxygen atoms in total. The third-order valence-electron chi connectivity index (χ3n) is 11.1. The van der Waals surface area contributed by atoms with Gasteiger partial charge in [-0.3, -0.25) is 19.3 Å². The number of aliphatic hydroxyl groups excluding tert-OH is 1. The lowest BCUT2D eigenvalue weighted by atomic mass is 9.74. The Morgan fingerprint density at radius 2 is 1.78 bits per heavy atom. The number of esters is 1. The van der Waals surface area contributed by atoms with Crippen molar-refractivity contribution in [1.82, 2.24) is 20.0 Å². The summed E-state index contributed by atoms with van der Waals surface area (Å²) in [5, 5.41) is 14.6. The second-order valence-corrected chi connectivity index (χ2v) is 15.5. The molecule has 0 spiro atoms. The smallest absolute Gasteiger partial charge is 0.319 e. The summed E-state index contributed by atoms with van der Waals surface area (Å²) in [6, 6.07) is -0.302. The first-order valence-electron chi connectivity index (χ1n) is 17.1. The van der Waals surface area contributed by atoms with E-state index in [2.05, 4.69) is 17.1 Å². The third-order valence-corrected chi connectivity index (χ3v) is 11.1. The molecule has 0 aromatic carbocycles. The van der Waals surface area contributed by atoms with Crippen LogP contribution in [-0.2, 0) is 33.3 Å². The van der Waals surface area contributed by atoms with E-state index in [0.717, 1.165) is 19.5 Å². The van der Waals surface area contributed by atoms with Gasteiger partial charge in [0.1, 0.15) is 18.1 Å². The minimum atomic E-state index is -1.46. The topological polar surface area (TPSA) is 130 Å². The molecular formula is C34H60N4O8. The van der Waals surface area contributed by atoms with Crippen molar-refractivity contribution in [2.45, 2.75) is 103 Å². The van der Waals surface area contributed by atoms with Gasteiger partial charge in [-0.1, -0.05) is 13.8 Å². The number of cyclic esters (lactones) is 1. The second kappa shape index (κ2) is 14.8. The van der Waals surface area contributed by atoms with Crippen LogP contribution in [0.2, 0.25) is 0 Å². The first-order chi connectivity index (χ1) is 21.5. The third kappa shape index (κ3) is 7.79. The predicted octanol–water partition coefficient (Wildman–Crippen LogP) is 1.39. The largest absolute Gasteiger partial charge is 0.463 e. The number of hydrogen-bond donors (Lipinski definition) is 2. The van der Waals surface area contributed by atoms with Crippen molar-refractivity contribution in [3.05, 3.63) is 0 Å². The van der Waals surface area contributed by atoms with Crippen LogP contribution in [0, 0.1) is 29.1 Å². The standard InChI is InChI=1S/C34H60N4O8/c1-20-14-34(6,43-10)29(46-31-27(39)25(36(7)8)13-21(2)45-31)22(3)28(40)33(4,5)32(42)44-19-26(37(9)16-20)24-17-38(18-24)30(41)23-11-12-35-15-23/h20-27,29,31,35,39H,11-19H2,1-10H3/t20-,21-,22+,23-,25+,26+,27-,29-,31+,34-/m1/s1. The van der Waals surface area contributed by atoms with Crippen LogP contribution in [0.3, 0.4) is 0 Å². The Balaban J connectivity index is 1.59. The number of rotatable bonds is 6. The Labute approximate surface area is 275 Å². The molecule has 10 atom stereocenters. The zero-order valence-corrected chi connectivity index (χ0v) is 29.8. The molecule has 264 valence electrons. The summed E-state index contributed by atoms with van der Waals surface area (Å²) in [4.78, 5) is 47.0. The summed E-state index contributed by atoms with van der Waals surface area (Å²) >= 11 is 0. The number of amides is 1. The van der Waals surface area contributed by atoms with Crippen molar-refractivity contribution in [1.29, 1.82) is 0 Å². The van der Waals surface area contributed by atoms with E-state index in [4.69, 9.17) is 18.9 Å². The maximum Gasteiger partial charge on any atom is 0.319 e. The molecular weight excluding hydrogens is 592 g/mol. The summed E-state index contributed by atoms with van der Waals surface area (Å²) in [5.74, 6) is -1.22. The van der Waals surface area contributed by atoms with E-state index in [9.17, 15) is 19.5 Å². The van der Waals surface area contributed by atoms with Crippen LogP contribution in [0.1, 0.15) is 60.8 Å². The first-order valence-corrected chi connectivity index (χ1v) is 17.1. The fourth-order valence-corrected chi connectivity index (χ4v) is 8.12. The molecule has 4 heterocycles. The molecule has 0 unspecified atom stereocenters. The van der Waals surface area contributed by atoms with E-state index in [1.165, 1.54) is 0 Å². The molecule has 4 saturated heterocycles. The van der Waals surface area contributed by atoms with Crippen molar-refractivity contribution in [2.75, 3.05) is 67.6 Å². The molecule has 0 aromatic rings. The van der Waals surface area contributed by atoms with E-state index in [1.807, 2.05) is 44.8 Å². The van der Waals surface area contributed by atoms with Crippen molar-refractivity contribution in [3.8, 4) is 0 Å². The van der Waals surface area contributed by atoms with Gasteiger partial charge in [-0.25, -0.2) is 0 Å². The Kier molecular flexibility index (Phi) is 12.0. The highest BCUT2D eigenvalue weighted by Crippen LogP contribution is 2.39. The highest BCUT2D eigenvalue weighted by Gasteiger charge is 2.52. The maximum atomic E-state index is 14.2. The van der Waals surface area contributed by atoms with Gasteiger partial charge in [-0.15, -0.1) is 0 Å². The summed E-state index contributed by atoms with van der Waals surface area (Å²) in [6.45, 7) is 14.7. The number of aliphatic hydroxyl groups is 1. The number of nitrogens with one attached hydrogen (secondary N) is 1. The van der Waals surface area contributed by atoms with Crippen LogP contribution in [0.25, 0.3) is 0 Å². The number of carbonyl (C=O) groups is 3. The SMILES string of the molecule is CO[C@]1(C)C[C@@H](C)CN(C)[C@H](C2CN(C(=O)[C@@H]3CCNC3)C2)COC(=O)C(C)(C)C(=O)[C@H](C)[C@H]1O[C@@H]1O[C@H](C)C[C@H](N(C)C)[C@H]1O. The molecule has 0 aliphatic carbocycles. The van der Waals surface area contributed by atoms with Crippen molar-refractivity contribution in [3.63, 3.8) is 0 Å². The lowest BCUT2D eigenvalue weighted by Gasteiger charge is -2.48. The second-order valence-electron chi connectivity index (χ2n) is 15.5. The van der Waals surface area contributed by atoms with Crippen LogP contribution in [0.5, 0.6) is 0 Å². The fourth-order valence-electron chi connectivity index (χ4n) is 8.12. The van der Waals surface area contributed by atoms with Gasteiger partial charge in [0.2, 0.25) is 5.91 Å². The van der Waals surface area contributed by atoms with Crippen LogP contribution >= 0.6 is 0 Å². The number of carbonyl (C=O) groups excluding carboxylic acids is 3. The van der Waals surface area contributed by atoms with Crippen LogP contribution in [0.4, 0.5) is 0 Å². The minimum absolute atomic E-state index is 0.0318. The van der Waals surface area contributed by atoms with Gasteiger partial charge in [-0.05, 0) is 80.6 Å². The van der Waals surface area contributed by atoms with Crippen molar-refractivity contribution in [2.24, 2.45) is 29.1 Å². The molecule has 4 aliphatic heterocycles. The lowest BCUT2D eigenvalue weighted by Crippen LogP contribution is -2.60. The zero-order chi connectivity index (χ0) is 34.1. The number of nitrogens with zero attached hydrogens (tertiary/aromatic N) is 3. The van der Waals surface area contributed by atoms with Crippen molar-refractivity contribution < 1.29 is 38.4 Å². The quantitative estimate of drug-likeness (QED) is 0.319. The van der Waals surface area contributed by atoms with Crippen LogP contribution in [-0.4, -0.2) is 147 Å². The van der Waals surface area contributed by atoms with E-state index in [1.54, 1.807) is 27.9 Å². The molecule has 1 amide bonds. The molecule has 46 heavy (non-hydrogen) atoms. The van der Waals surface area contributed by atoms with Crippen LogP contribution in [0.15, 0.2) is 0 Å². The average molecular weight is 653 g/mol. The van der Waals surface area contributed by atoms with Gasteiger partial charge in [0.05, 0.1) is 23.7 Å². The van der Waals surface area contributed by atoms with E-state index in [-0.39, 0.29) is 54.2 Å². The van der Waals surface area contributed by atoms with Gasteiger partial charge in [0.15, 0.2) is 12.1 Å². The Morgan fingerprint density at radius 3 is 2.37 bits per heavy atom. The highest BCUT2D eigenvalue weighted by molar-refractivity contribution is 6.04. The number of ether oxygens (including phenoxy) is 4. The van der Waals surface area contributed by atoms with Crippen molar-refractivity contribution >= 4 is 17.7 Å². The number of hydrogen-bond acceptors (Lipinski definition) is 11. The van der Waals surface area contributed by atoms with E-state index < -0.39 is 41.4 Å². The predicted molar refractivity (Wildman–Crippen MR) is 173 cm³/mol. The van der Waals surface area contributed by atoms with Crippen LogP contribution < -0.4 is 5.32 Å². The van der Waals surface area contributed by atoms with Gasteiger partial charge in [0, 0.05) is 57.2 Å². The van der Waals surface area contributed by atoms with Gasteiger partial charge in [-0.2, -0.15) is 0 Å². The van der Waals surface area contributed by atoms with E-state index in [0.29, 0.717) is 32.5 Å². The molecule has 4 fully saturated rings. The monoisotopic (exact) mass is 652 g/mol. The number of likely N-dealkylation sites (tertiary alicyclic amines) is 1. The number of ketones is 1. The first kappa shape index (κ1) is 37.2. The molecule has 0 bridgehead atoms. The maximum absolute atomic E-state index is 14.2. The minimum Gasteiger partial charge on any atom is -0.463 e. The molecule has 0 saturated carbocycles. The molecule has 12 heteroatoms. The lowest BCUT2D eigenvalue weighted by molar-refractivity contribution is -0.295. The average Bonchev–Trinajstić information content (AvgIpc) is 3.51. The summed E-state index contributed by atoms with van der Waals surface area (Å²) in [7, 11) is 7.48. The van der Waals surface area contributed by atoms with Gasteiger partial charge >= 0.3 is 5.97 Å². The number of likely N-dealkylation sites (N-methyl/N-ethyl adjacent to an activating group) is 2. The van der Waals surface area contributed by atoms with Gasteiger partial charge < -0.3 is 39.2 Å². The molecule has 0 radical (unpaired) electrons. The molecule has 0 aromatic heterocycles. The fraction of sp³-hybridized carbons (Fsp3) is 0.912. The Morgan fingerprint density at radius 1 is 1.11 bits per heavy atom. The summed E-state index contributed by atoms with van der Waals surface area (Å²) in [5.41, 5.74) is -2.41. The highest BCUT2D eigenvalue weighted by atomic mass is 16.7. The molecule has 4 aliphatic rings. The number of Topliss-reactive ketones (excluding diaryl/α,β-unsaturated/α-hetero) is 1. The molecule has 4 rings (SSSR count). The van der Waals surface area contributed by atoms with Gasteiger partial charge in [0.25, 0.3) is 0 Å². The summed E-state index contributed by atoms with van der Waals surface area (Å²) in [6.07, 6.45) is -0.863. The molecule has 2 N–H and O–H groups in total. The zero-order valence-electron chi connectivity index (χ0n) is 29.8. The Bertz CT molecular complexity index is 1080. The number of methoxy groups -OCH3 is 1.